The summed E-state index contributed by atoms with van der Waals surface area (Å²) in [4.78, 5) is 33.5. The van der Waals surface area contributed by atoms with Crippen LogP contribution in [0.1, 0.15) is 40.0 Å². The quantitative estimate of drug-likeness (QED) is 0.760. The Kier molecular flexibility index (Phi) is 6.45. The van der Waals surface area contributed by atoms with Crippen molar-refractivity contribution < 1.29 is 14.3 Å². The van der Waals surface area contributed by atoms with Gasteiger partial charge in [0.1, 0.15) is 11.3 Å². The molecule has 0 spiro atoms. The largest absolute Gasteiger partial charge is 0.484 e. The zero-order chi connectivity index (χ0) is 21.0. The van der Waals surface area contributed by atoms with Crippen LogP contribution < -0.4 is 10.5 Å². The van der Waals surface area contributed by atoms with E-state index in [1.54, 1.807) is 4.90 Å². The number of guanidine groups is 1. The molecule has 2 N–H and O–H groups in total. The van der Waals surface area contributed by atoms with Crippen LogP contribution in [-0.2, 0) is 9.59 Å². The van der Waals surface area contributed by atoms with Crippen molar-refractivity contribution in [2.75, 3.05) is 26.2 Å². The fourth-order valence-corrected chi connectivity index (χ4v) is 4.31. The lowest BCUT2D eigenvalue weighted by Gasteiger charge is -2.35. The van der Waals surface area contributed by atoms with E-state index >= 15 is 0 Å². The number of benzene rings is 1. The van der Waals surface area contributed by atoms with Gasteiger partial charge in [0.05, 0.1) is 0 Å². The minimum absolute atomic E-state index is 0.0232. The van der Waals surface area contributed by atoms with Gasteiger partial charge >= 0.3 is 0 Å². The van der Waals surface area contributed by atoms with E-state index in [1.807, 2.05) is 42.2 Å². The van der Waals surface area contributed by atoms with Crippen molar-refractivity contribution in [2.24, 2.45) is 22.6 Å². The van der Waals surface area contributed by atoms with E-state index in [0.29, 0.717) is 37.1 Å². The first-order chi connectivity index (χ1) is 13.8. The second kappa shape index (κ2) is 8.84. The monoisotopic (exact) mass is 400 g/mol. The number of rotatable bonds is 7. The number of aliphatic imine (C=N–C) groups is 1. The summed E-state index contributed by atoms with van der Waals surface area (Å²) in [5.74, 6) is 1.47. The highest BCUT2D eigenvalue weighted by Gasteiger charge is 2.44. The number of ether oxygens (including phenoxy) is 1. The van der Waals surface area contributed by atoms with Crippen LogP contribution in [0.4, 0.5) is 0 Å². The molecule has 2 aliphatic rings. The molecule has 158 valence electrons. The molecule has 1 saturated heterocycles. The SMILES string of the molecule is CC(C)CC1(C)N=C(N)N(CC2CCCN(C(=O)COc3ccccc3)C2)C1=O. The van der Waals surface area contributed by atoms with Gasteiger partial charge in [0.25, 0.3) is 11.8 Å². The lowest BCUT2D eigenvalue weighted by atomic mass is 9.90. The van der Waals surface area contributed by atoms with Gasteiger partial charge in [0.2, 0.25) is 0 Å². The Bertz CT molecular complexity index is 765. The van der Waals surface area contributed by atoms with Crippen molar-refractivity contribution in [1.82, 2.24) is 9.80 Å². The first-order valence-electron chi connectivity index (χ1n) is 10.4. The topological polar surface area (TPSA) is 88.2 Å². The van der Waals surface area contributed by atoms with E-state index in [4.69, 9.17) is 10.5 Å². The van der Waals surface area contributed by atoms with Gasteiger partial charge in [-0.05, 0) is 50.2 Å². The maximum absolute atomic E-state index is 13.0. The zero-order valence-corrected chi connectivity index (χ0v) is 17.6. The van der Waals surface area contributed by atoms with Gasteiger partial charge in [-0.1, -0.05) is 32.0 Å². The zero-order valence-electron chi connectivity index (χ0n) is 17.6. The second-order valence-corrected chi connectivity index (χ2v) is 8.71. The summed E-state index contributed by atoms with van der Waals surface area (Å²) in [5.41, 5.74) is 5.33. The molecular formula is C22H32N4O3. The van der Waals surface area contributed by atoms with E-state index in [1.165, 1.54) is 0 Å². The van der Waals surface area contributed by atoms with E-state index < -0.39 is 5.54 Å². The summed E-state index contributed by atoms with van der Waals surface area (Å²) in [6.07, 6.45) is 2.54. The highest BCUT2D eigenvalue weighted by atomic mass is 16.5. The van der Waals surface area contributed by atoms with Crippen LogP contribution in [0.2, 0.25) is 0 Å². The molecule has 0 saturated carbocycles. The number of nitrogens with two attached hydrogens (primary N) is 1. The standard InChI is InChI=1S/C22H32N4O3/c1-16(2)12-22(3)20(28)26(21(23)24-22)14-17-8-7-11-25(13-17)19(27)15-29-18-9-5-4-6-10-18/h4-6,9-10,16-17H,7-8,11-15H2,1-3H3,(H2,23,24). The van der Waals surface area contributed by atoms with Gasteiger partial charge in [-0.25, -0.2) is 4.99 Å². The van der Waals surface area contributed by atoms with E-state index in [9.17, 15) is 9.59 Å². The molecule has 7 heteroatoms. The molecular weight excluding hydrogens is 368 g/mol. The molecule has 1 aromatic carbocycles. The highest BCUT2D eigenvalue weighted by Crippen LogP contribution is 2.30. The number of para-hydroxylation sites is 1. The minimum Gasteiger partial charge on any atom is -0.484 e. The van der Waals surface area contributed by atoms with Crippen LogP contribution in [0.3, 0.4) is 0 Å². The Morgan fingerprint density at radius 3 is 2.76 bits per heavy atom. The van der Waals surface area contributed by atoms with Gasteiger partial charge in [0, 0.05) is 19.6 Å². The van der Waals surface area contributed by atoms with Gasteiger partial charge in [-0.2, -0.15) is 0 Å². The third-order valence-corrected chi connectivity index (χ3v) is 5.57. The van der Waals surface area contributed by atoms with Crippen LogP contribution in [0.25, 0.3) is 0 Å². The van der Waals surface area contributed by atoms with Crippen LogP contribution in [0.5, 0.6) is 5.75 Å². The maximum Gasteiger partial charge on any atom is 0.260 e. The molecule has 29 heavy (non-hydrogen) atoms. The molecule has 2 aliphatic heterocycles. The molecule has 0 aromatic heterocycles. The third-order valence-electron chi connectivity index (χ3n) is 5.57. The molecule has 0 aliphatic carbocycles. The Hall–Kier alpha value is -2.57. The number of hydrogen-bond donors (Lipinski definition) is 1. The molecule has 2 unspecified atom stereocenters. The highest BCUT2D eigenvalue weighted by molar-refractivity contribution is 6.06. The van der Waals surface area contributed by atoms with Gasteiger partial charge < -0.3 is 15.4 Å². The van der Waals surface area contributed by atoms with Gasteiger partial charge in [0.15, 0.2) is 12.6 Å². The average molecular weight is 401 g/mol. The molecule has 0 radical (unpaired) electrons. The number of nitrogens with zero attached hydrogens (tertiary/aromatic N) is 3. The maximum atomic E-state index is 13.0. The summed E-state index contributed by atoms with van der Waals surface area (Å²) in [5, 5.41) is 0. The Labute approximate surface area is 172 Å². The van der Waals surface area contributed by atoms with Crippen LogP contribution >= 0.6 is 0 Å². The minimum atomic E-state index is -0.772. The van der Waals surface area contributed by atoms with Crippen molar-refractivity contribution >= 4 is 17.8 Å². The molecule has 1 aromatic rings. The molecule has 2 amide bonds. The number of hydrogen-bond acceptors (Lipinski definition) is 5. The first-order valence-corrected chi connectivity index (χ1v) is 10.4. The fraction of sp³-hybridized carbons (Fsp3) is 0.591. The number of carbonyl (C=O) groups is 2. The molecule has 3 rings (SSSR count). The molecule has 2 heterocycles. The van der Waals surface area contributed by atoms with Crippen molar-refractivity contribution in [3.8, 4) is 5.75 Å². The van der Waals surface area contributed by atoms with Gasteiger partial charge in [-0.3, -0.25) is 14.5 Å². The summed E-state index contributed by atoms with van der Waals surface area (Å²) in [6.45, 7) is 7.87. The fourth-order valence-electron chi connectivity index (χ4n) is 4.31. The predicted molar refractivity (Wildman–Crippen MR) is 112 cm³/mol. The van der Waals surface area contributed by atoms with Crippen LogP contribution in [0.15, 0.2) is 35.3 Å². The van der Waals surface area contributed by atoms with Crippen LogP contribution in [0, 0.1) is 11.8 Å². The second-order valence-electron chi connectivity index (χ2n) is 8.71. The lowest BCUT2D eigenvalue weighted by molar-refractivity contribution is -0.135. The van der Waals surface area contributed by atoms with Crippen molar-refractivity contribution in [3.05, 3.63) is 30.3 Å². The van der Waals surface area contributed by atoms with Crippen LogP contribution in [-0.4, -0.2) is 59.4 Å². The van der Waals surface area contributed by atoms with E-state index in [2.05, 4.69) is 18.8 Å². The third kappa shape index (κ3) is 5.08. The lowest BCUT2D eigenvalue weighted by Crippen LogP contribution is -2.49. The van der Waals surface area contributed by atoms with Crippen molar-refractivity contribution in [2.45, 2.75) is 45.6 Å². The Balaban J connectivity index is 1.55. The van der Waals surface area contributed by atoms with Gasteiger partial charge in [-0.15, -0.1) is 0 Å². The van der Waals surface area contributed by atoms with Crippen molar-refractivity contribution in [1.29, 1.82) is 0 Å². The molecule has 1 fully saturated rings. The predicted octanol–water partition coefficient (Wildman–Crippen LogP) is 2.27. The van der Waals surface area contributed by atoms with E-state index in [0.717, 1.165) is 19.4 Å². The smallest absolute Gasteiger partial charge is 0.260 e. The Morgan fingerprint density at radius 1 is 1.34 bits per heavy atom. The molecule has 7 nitrogen and oxygen atoms in total. The molecule has 2 atom stereocenters. The summed E-state index contributed by atoms with van der Waals surface area (Å²) in [6, 6.07) is 9.33. The normalized spacial score (nSPS) is 24.8. The Morgan fingerprint density at radius 2 is 2.07 bits per heavy atom. The van der Waals surface area contributed by atoms with Crippen molar-refractivity contribution in [3.63, 3.8) is 0 Å². The summed E-state index contributed by atoms with van der Waals surface area (Å²) >= 11 is 0. The molecule has 0 bridgehead atoms. The first kappa shape index (κ1) is 21.1. The number of piperidine rings is 1. The van der Waals surface area contributed by atoms with E-state index in [-0.39, 0.29) is 24.3 Å². The number of amides is 2. The summed E-state index contributed by atoms with van der Waals surface area (Å²) < 4.78 is 5.59. The number of likely N-dealkylation sites (tertiary alicyclic amines) is 1. The average Bonchev–Trinajstić information content (AvgIpc) is 2.89. The summed E-state index contributed by atoms with van der Waals surface area (Å²) in [7, 11) is 0. The number of carbonyl (C=O) groups excluding carboxylic acids is 2.